The Morgan fingerprint density at radius 1 is 1.36 bits per heavy atom. The lowest BCUT2D eigenvalue weighted by Gasteiger charge is -2.32. The number of hydrogen-bond acceptors (Lipinski definition) is 4. The third-order valence-electron chi connectivity index (χ3n) is 4.25. The summed E-state index contributed by atoms with van der Waals surface area (Å²) in [5.74, 6) is -0.280. The van der Waals surface area contributed by atoms with Gasteiger partial charge in [0.15, 0.2) is 0 Å². The summed E-state index contributed by atoms with van der Waals surface area (Å²) < 4.78 is 26.9. The van der Waals surface area contributed by atoms with E-state index in [0.29, 0.717) is 24.4 Å². The third-order valence-corrected chi connectivity index (χ3v) is 6.86. The summed E-state index contributed by atoms with van der Waals surface area (Å²) in [6.45, 7) is 0.868. The molecule has 0 radical (unpaired) electrons. The Bertz CT molecular complexity index is 784. The van der Waals surface area contributed by atoms with Gasteiger partial charge in [-0.2, -0.15) is 9.57 Å². The molecular formula is C16H19Cl2N3O3S. The van der Waals surface area contributed by atoms with Crippen LogP contribution >= 0.6 is 23.2 Å². The molecule has 0 unspecified atom stereocenters. The highest BCUT2D eigenvalue weighted by molar-refractivity contribution is 7.89. The highest BCUT2D eigenvalue weighted by Crippen LogP contribution is 2.30. The van der Waals surface area contributed by atoms with Crippen LogP contribution in [0.5, 0.6) is 0 Å². The minimum absolute atomic E-state index is 0.0161. The molecule has 0 N–H and O–H groups in total. The van der Waals surface area contributed by atoms with E-state index >= 15 is 0 Å². The van der Waals surface area contributed by atoms with Crippen LogP contribution < -0.4 is 0 Å². The molecule has 2 rings (SSSR count). The Morgan fingerprint density at radius 3 is 2.60 bits per heavy atom. The van der Waals surface area contributed by atoms with Gasteiger partial charge in [0.25, 0.3) is 0 Å². The molecule has 0 saturated carbocycles. The van der Waals surface area contributed by atoms with Crippen LogP contribution in [0.25, 0.3) is 0 Å². The maximum Gasteiger partial charge on any atom is 0.244 e. The van der Waals surface area contributed by atoms with Crippen molar-refractivity contribution in [2.75, 3.05) is 26.7 Å². The maximum atomic E-state index is 12.8. The van der Waals surface area contributed by atoms with E-state index in [9.17, 15) is 13.2 Å². The molecule has 1 aliphatic rings. The Labute approximate surface area is 158 Å². The number of amides is 1. The van der Waals surface area contributed by atoms with E-state index in [4.69, 9.17) is 28.5 Å². The van der Waals surface area contributed by atoms with Gasteiger partial charge in [0.05, 0.1) is 17.5 Å². The number of halogens is 2. The summed E-state index contributed by atoms with van der Waals surface area (Å²) in [6, 6.07) is 6.33. The van der Waals surface area contributed by atoms with Crippen LogP contribution in [-0.2, 0) is 14.8 Å². The highest BCUT2D eigenvalue weighted by Gasteiger charge is 2.34. The number of nitrogens with zero attached hydrogens (tertiary/aromatic N) is 3. The summed E-state index contributed by atoms with van der Waals surface area (Å²) in [6.07, 6.45) is 1.16. The van der Waals surface area contributed by atoms with Gasteiger partial charge >= 0.3 is 0 Å². The Hall–Kier alpha value is -1.33. The molecule has 0 aliphatic carbocycles. The molecule has 25 heavy (non-hydrogen) atoms. The van der Waals surface area contributed by atoms with Crippen LogP contribution in [0, 0.1) is 17.2 Å². The molecule has 9 heteroatoms. The molecule has 1 heterocycles. The van der Waals surface area contributed by atoms with E-state index in [1.807, 2.05) is 6.07 Å². The van der Waals surface area contributed by atoms with Crippen molar-refractivity contribution >= 4 is 39.1 Å². The number of sulfonamides is 1. The average molecular weight is 404 g/mol. The summed E-state index contributed by atoms with van der Waals surface area (Å²) in [5.41, 5.74) is 0. The minimum atomic E-state index is -3.75. The van der Waals surface area contributed by atoms with E-state index in [0.717, 1.165) is 0 Å². The van der Waals surface area contributed by atoms with Crippen molar-refractivity contribution in [3.8, 4) is 6.07 Å². The van der Waals surface area contributed by atoms with Crippen molar-refractivity contribution in [1.29, 1.82) is 5.26 Å². The molecule has 0 aromatic heterocycles. The molecule has 1 aromatic rings. The highest BCUT2D eigenvalue weighted by atomic mass is 35.5. The number of rotatable bonds is 5. The van der Waals surface area contributed by atoms with E-state index in [1.54, 1.807) is 7.05 Å². The Kier molecular flexibility index (Phi) is 6.69. The molecule has 6 nitrogen and oxygen atoms in total. The molecule has 1 saturated heterocycles. The van der Waals surface area contributed by atoms with Crippen LogP contribution in [0.3, 0.4) is 0 Å². The van der Waals surface area contributed by atoms with E-state index < -0.39 is 10.0 Å². The number of hydrogen-bond donors (Lipinski definition) is 0. The molecule has 0 bridgehead atoms. The molecular weight excluding hydrogens is 385 g/mol. The van der Waals surface area contributed by atoms with Gasteiger partial charge in [-0.05, 0) is 31.0 Å². The van der Waals surface area contributed by atoms with Gasteiger partial charge in [-0.15, -0.1) is 0 Å². The fourth-order valence-corrected chi connectivity index (χ4v) is 5.00. The molecule has 1 fully saturated rings. The zero-order valence-electron chi connectivity index (χ0n) is 13.8. The molecule has 1 aromatic carbocycles. The van der Waals surface area contributed by atoms with Crippen molar-refractivity contribution in [3.63, 3.8) is 0 Å². The van der Waals surface area contributed by atoms with Crippen molar-refractivity contribution in [1.82, 2.24) is 9.21 Å². The van der Waals surface area contributed by atoms with Gasteiger partial charge in [0.2, 0.25) is 15.9 Å². The molecule has 0 spiro atoms. The quantitative estimate of drug-likeness (QED) is 0.756. The lowest BCUT2D eigenvalue weighted by molar-refractivity contribution is -0.135. The lowest BCUT2D eigenvalue weighted by atomic mass is 9.96. The molecule has 136 valence electrons. The number of nitriles is 1. The summed E-state index contributed by atoms with van der Waals surface area (Å²) in [4.78, 5) is 13.9. The second-order valence-corrected chi connectivity index (χ2v) is 8.67. The van der Waals surface area contributed by atoms with Crippen LogP contribution in [0.4, 0.5) is 0 Å². The van der Waals surface area contributed by atoms with Crippen LogP contribution in [0.15, 0.2) is 23.1 Å². The number of benzene rings is 1. The van der Waals surface area contributed by atoms with Gasteiger partial charge in [-0.1, -0.05) is 23.2 Å². The van der Waals surface area contributed by atoms with Crippen molar-refractivity contribution < 1.29 is 13.2 Å². The summed E-state index contributed by atoms with van der Waals surface area (Å²) in [5, 5.41) is 9.02. The monoisotopic (exact) mass is 403 g/mol. The predicted molar refractivity (Wildman–Crippen MR) is 95.8 cm³/mol. The summed E-state index contributed by atoms with van der Waals surface area (Å²) in [7, 11) is -2.09. The fourth-order valence-electron chi connectivity index (χ4n) is 2.80. The first kappa shape index (κ1) is 20.0. The third kappa shape index (κ3) is 4.64. The van der Waals surface area contributed by atoms with Gasteiger partial charge in [0.1, 0.15) is 4.90 Å². The zero-order chi connectivity index (χ0) is 18.6. The first-order valence-electron chi connectivity index (χ1n) is 7.84. The van der Waals surface area contributed by atoms with Crippen molar-refractivity contribution in [3.05, 3.63) is 28.2 Å². The van der Waals surface area contributed by atoms with Crippen molar-refractivity contribution in [2.45, 2.75) is 24.2 Å². The van der Waals surface area contributed by atoms with Crippen LogP contribution in [0.1, 0.15) is 19.3 Å². The Balaban J connectivity index is 2.05. The normalized spacial score (nSPS) is 16.4. The second-order valence-electron chi connectivity index (χ2n) is 5.92. The van der Waals surface area contributed by atoms with Gasteiger partial charge < -0.3 is 4.90 Å². The van der Waals surface area contributed by atoms with Crippen LogP contribution in [-0.4, -0.2) is 50.2 Å². The molecule has 1 amide bonds. The summed E-state index contributed by atoms with van der Waals surface area (Å²) >= 11 is 11.9. The minimum Gasteiger partial charge on any atom is -0.344 e. The van der Waals surface area contributed by atoms with Gasteiger partial charge in [-0.3, -0.25) is 4.79 Å². The smallest absolute Gasteiger partial charge is 0.244 e. The predicted octanol–water partition coefficient (Wildman–Crippen LogP) is 2.77. The van der Waals surface area contributed by atoms with E-state index in [-0.39, 0.29) is 41.3 Å². The van der Waals surface area contributed by atoms with E-state index in [1.165, 1.54) is 27.4 Å². The average Bonchev–Trinajstić information content (AvgIpc) is 2.61. The van der Waals surface area contributed by atoms with Gasteiger partial charge in [-0.25, -0.2) is 8.42 Å². The SMILES string of the molecule is CN(CCC#N)C(=O)C1CCN(S(=O)(=O)c2cc(Cl)ccc2Cl)CC1. The number of carbonyl (C=O) groups excluding carboxylic acids is 1. The largest absolute Gasteiger partial charge is 0.344 e. The number of piperidine rings is 1. The van der Waals surface area contributed by atoms with Crippen LogP contribution in [0.2, 0.25) is 10.0 Å². The molecule has 1 aliphatic heterocycles. The first-order valence-corrected chi connectivity index (χ1v) is 10.0. The Morgan fingerprint density at radius 2 is 2.00 bits per heavy atom. The fraction of sp³-hybridized carbons (Fsp3) is 0.500. The maximum absolute atomic E-state index is 12.8. The lowest BCUT2D eigenvalue weighted by Crippen LogP contribution is -2.43. The molecule has 0 atom stereocenters. The first-order chi connectivity index (χ1) is 11.8. The van der Waals surface area contributed by atoms with Gasteiger partial charge in [0, 0.05) is 37.6 Å². The van der Waals surface area contributed by atoms with E-state index in [2.05, 4.69) is 0 Å². The second kappa shape index (κ2) is 8.37. The zero-order valence-corrected chi connectivity index (χ0v) is 16.1. The standard InChI is InChI=1S/C16H19Cl2N3O3S/c1-20(8-2-7-19)16(22)12-5-9-21(10-6-12)25(23,24)15-11-13(17)3-4-14(15)18/h3-4,11-12H,2,5-6,8-10H2,1H3. The van der Waals surface area contributed by atoms with Crippen molar-refractivity contribution in [2.24, 2.45) is 5.92 Å². The topological polar surface area (TPSA) is 81.5 Å². The number of carbonyl (C=O) groups is 1.